The average Bonchev–Trinajstić information content (AvgIpc) is 2.82. The molecule has 0 aliphatic rings. The molecule has 11 heteroatoms. The van der Waals surface area contributed by atoms with Gasteiger partial charge in [0.2, 0.25) is 5.91 Å². The number of nitro groups is 1. The maximum Gasteiger partial charge on any atom is 0.273 e. The van der Waals surface area contributed by atoms with Gasteiger partial charge in [0.15, 0.2) is 11.5 Å². The molecule has 1 N–H and O–H groups in total. The summed E-state index contributed by atoms with van der Waals surface area (Å²) in [6.07, 6.45) is 1.26. The van der Waals surface area contributed by atoms with Gasteiger partial charge in [-0.1, -0.05) is 47.5 Å². The summed E-state index contributed by atoms with van der Waals surface area (Å²) in [4.78, 5) is 22.8. The first-order valence-corrected chi connectivity index (χ1v) is 11.9. The Bertz CT molecular complexity index is 1270. The molecule has 0 radical (unpaired) electrons. The van der Waals surface area contributed by atoms with Crippen molar-refractivity contribution in [3.63, 3.8) is 0 Å². The van der Waals surface area contributed by atoms with E-state index in [2.05, 4.69) is 26.5 Å². The van der Waals surface area contributed by atoms with Crippen LogP contribution in [-0.2, 0) is 17.8 Å². The van der Waals surface area contributed by atoms with Crippen molar-refractivity contribution in [1.29, 1.82) is 0 Å². The minimum atomic E-state index is -0.524. The lowest BCUT2D eigenvalue weighted by molar-refractivity contribution is -0.385. The molecule has 0 aliphatic heterocycles. The fourth-order valence-electron chi connectivity index (χ4n) is 3.05. The summed E-state index contributed by atoms with van der Waals surface area (Å²) in [5.41, 5.74) is 4.03. The van der Waals surface area contributed by atoms with Crippen LogP contribution in [0, 0.1) is 10.1 Å². The molecule has 0 saturated carbocycles. The molecule has 0 spiro atoms. The van der Waals surface area contributed by atoms with Crippen LogP contribution in [0.4, 0.5) is 5.69 Å². The van der Waals surface area contributed by atoms with E-state index in [1.165, 1.54) is 18.3 Å². The maximum absolute atomic E-state index is 12.2. The van der Waals surface area contributed by atoms with E-state index in [1.54, 1.807) is 36.4 Å². The van der Waals surface area contributed by atoms with Crippen LogP contribution < -0.4 is 14.9 Å². The second kappa shape index (κ2) is 12.5. The number of nitrogens with one attached hydrogen (secondary N) is 1. The van der Waals surface area contributed by atoms with Crippen LogP contribution in [0.2, 0.25) is 10.0 Å². The van der Waals surface area contributed by atoms with E-state index >= 15 is 0 Å². The number of hydrazone groups is 1. The van der Waals surface area contributed by atoms with Gasteiger partial charge in [-0.2, -0.15) is 5.10 Å². The van der Waals surface area contributed by atoms with E-state index in [9.17, 15) is 14.9 Å². The lowest BCUT2D eigenvalue weighted by Crippen LogP contribution is -2.20. The van der Waals surface area contributed by atoms with Crippen LogP contribution in [0.3, 0.4) is 0 Å². The van der Waals surface area contributed by atoms with Gasteiger partial charge in [0.25, 0.3) is 5.69 Å². The van der Waals surface area contributed by atoms with E-state index in [1.807, 2.05) is 13.0 Å². The SMILES string of the molecule is CCOc1cc(/C=N/NC(=O)Cc2ccccc2[N+](=O)[O-])c(Br)cc1OCc1ccc(Cl)c(Cl)c1. The average molecular weight is 581 g/mol. The van der Waals surface area contributed by atoms with Crippen LogP contribution in [-0.4, -0.2) is 23.7 Å². The molecule has 0 aliphatic carbocycles. The van der Waals surface area contributed by atoms with Crippen LogP contribution in [0.15, 0.2) is 64.2 Å². The monoisotopic (exact) mass is 579 g/mol. The van der Waals surface area contributed by atoms with Gasteiger partial charge in [-0.3, -0.25) is 14.9 Å². The number of benzene rings is 3. The van der Waals surface area contributed by atoms with E-state index in [4.69, 9.17) is 32.7 Å². The number of carbonyl (C=O) groups is 1. The molecule has 0 unspecified atom stereocenters. The maximum atomic E-state index is 12.2. The number of hydrogen-bond acceptors (Lipinski definition) is 6. The highest BCUT2D eigenvalue weighted by molar-refractivity contribution is 9.10. The smallest absolute Gasteiger partial charge is 0.273 e. The van der Waals surface area contributed by atoms with Gasteiger partial charge < -0.3 is 9.47 Å². The zero-order valence-corrected chi connectivity index (χ0v) is 21.6. The number of rotatable bonds is 10. The lowest BCUT2D eigenvalue weighted by Gasteiger charge is -2.14. The van der Waals surface area contributed by atoms with E-state index in [0.29, 0.717) is 43.8 Å². The summed E-state index contributed by atoms with van der Waals surface area (Å²) in [5.74, 6) is 0.504. The zero-order valence-electron chi connectivity index (χ0n) is 18.5. The first-order valence-electron chi connectivity index (χ1n) is 10.4. The number of para-hydroxylation sites is 1. The molecule has 3 rings (SSSR count). The Morgan fingerprint density at radius 1 is 1.11 bits per heavy atom. The Hall–Kier alpha value is -3.14. The van der Waals surface area contributed by atoms with E-state index < -0.39 is 10.8 Å². The topological polar surface area (TPSA) is 103 Å². The van der Waals surface area contributed by atoms with Gasteiger partial charge in [-0.15, -0.1) is 0 Å². The highest BCUT2D eigenvalue weighted by atomic mass is 79.9. The number of halogens is 3. The predicted octanol–water partition coefficient (Wildman–Crippen LogP) is 6.33. The highest BCUT2D eigenvalue weighted by Crippen LogP contribution is 2.34. The van der Waals surface area contributed by atoms with Gasteiger partial charge in [0.1, 0.15) is 6.61 Å². The number of amides is 1. The molecule has 0 heterocycles. The normalized spacial score (nSPS) is 10.9. The fraction of sp³-hybridized carbons (Fsp3) is 0.167. The lowest BCUT2D eigenvalue weighted by atomic mass is 10.1. The number of nitro benzene ring substituents is 1. The van der Waals surface area contributed by atoms with Crippen molar-refractivity contribution in [2.24, 2.45) is 5.10 Å². The molecule has 8 nitrogen and oxygen atoms in total. The van der Waals surface area contributed by atoms with Crippen LogP contribution in [0.5, 0.6) is 11.5 Å². The summed E-state index contributed by atoms with van der Waals surface area (Å²) < 4.78 is 12.3. The van der Waals surface area contributed by atoms with Gasteiger partial charge in [0.05, 0.1) is 34.2 Å². The Balaban J connectivity index is 1.69. The molecule has 1 amide bonds. The molecule has 3 aromatic rings. The van der Waals surface area contributed by atoms with Crippen molar-refractivity contribution in [2.45, 2.75) is 20.0 Å². The van der Waals surface area contributed by atoms with E-state index in [-0.39, 0.29) is 18.7 Å². The number of ether oxygens (including phenoxy) is 2. The predicted molar refractivity (Wildman–Crippen MR) is 139 cm³/mol. The number of nitrogens with zero attached hydrogens (tertiary/aromatic N) is 2. The summed E-state index contributed by atoms with van der Waals surface area (Å²) in [7, 11) is 0. The third-order valence-corrected chi connectivity index (χ3v) is 6.10. The van der Waals surface area contributed by atoms with Crippen molar-refractivity contribution in [3.8, 4) is 11.5 Å². The van der Waals surface area contributed by atoms with Gasteiger partial charge in [-0.05, 0) is 52.7 Å². The second-order valence-corrected chi connectivity index (χ2v) is 8.82. The van der Waals surface area contributed by atoms with Crippen molar-refractivity contribution in [2.75, 3.05) is 6.61 Å². The third-order valence-electron chi connectivity index (χ3n) is 4.67. The molecular weight excluding hydrogens is 561 g/mol. The zero-order chi connectivity index (χ0) is 25.4. The molecule has 0 bridgehead atoms. The van der Waals surface area contributed by atoms with E-state index in [0.717, 1.165) is 5.56 Å². The summed E-state index contributed by atoms with van der Waals surface area (Å²) >= 11 is 15.5. The van der Waals surface area contributed by atoms with Crippen molar-refractivity contribution in [3.05, 3.63) is 95.9 Å². The minimum Gasteiger partial charge on any atom is -0.490 e. The fourth-order valence-corrected chi connectivity index (χ4v) is 3.79. The quantitative estimate of drug-likeness (QED) is 0.171. The Morgan fingerprint density at radius 2 is 1.86 bits per heavy atom. The molecular formula is C24H20BrCl2N3O5. The summed E-state index contributed by atoms with van der Waals surface area (Å²) in [6, 6.07) is 14.8. The first kappa shape index (κ1) is 26.5. The van der Waals surface area contributed by atoms with Crippen LogP contribution >= 0.6 is 39.1 Å². The molecule has 0 aromatic heterocycles. The number of hydrogen-bond donors (Lipinski definition) is 1. The molecule has 3 aromatic carbocycles. The molecule has 0 fully saturated rings. The van der Waals surface area contributed by atoms with Crippen molar-refractivity contribution >= 4 is 56.9 Å². The van der Waals surface area contributed by atoms with Crippen LogP contribution in [0.1, 0.15) is 23.6 Å². The largest absolute Gasteiger partial charge is 0.490 e. The molecule has 35 heavy (non-hydrogen) atoms. The molecule has 0 saturated heterocycles. The third kappa shape index (κ3) is 7.42. The first-order chi connectivity index (χ1) is 16.8. The summed E-state index contributed by atoms with van der Waals surface area (Å²) in [6.45, 7) is 2.51. The highest BCUT2D eigenvalue weighted by Gasteiger charge is 2.15. The van der Waals surface area contributed by atoms with Crippen molar-refractivity contribution in [1.82, 2.24) is 5.43 Å². The van der Waals surface area contributed by atoms with Gasteiger partial charge in [0, 0.05) is 21.7 Å². The molecule has 0 atom stereocenters. The Labute approximate surface area is 220 Å². The number of carbonyl (C=O) groups excluding carboxylic acids is 1. The summed E-state index contributed by atoms with van der Waals surface area (Å²) in [5, 5.41) is 16.0. The molecule has 182 valence electrons. The van der Waals surface area contributed by atoms with Gasteiger partial charge >= 0.3 is 0 Å². The minimum absolute atomic E-state index is 0.118. The van der Waals surface area contributed by atoms with Crippen molar-refractivity contribution < 1.29 is 19.2 Å². The van der Waals surface area contributed by atoms with Gasteiger partial charge in [-0.25, -0.2) is 5.43 Å². The Kier molecular flexibility index (Phi) is 9.47. The second-order valence-electron chi connectivity index (χ2n) is 7.15. The van der Waals surface area contributed by atoms with Crippen LogP contribution in [0.25, 0.3) is 0 Å². The Morgan fingerprint density at radius 3 is 2.57 bits per heavy atom. The standard InChI is InChI=1S/C24H20BrCl2N3O5/c1-2-34-22-10-17(13-28-29-24(31)11-16-5-3-4-6-21(16)30(32)33)18(25)12-23(22)35-14-15-7-8-19(26)20(27)9-15/h3-10,12-13H,2,11,14H2,1H3,(H,29,31)/b28-13+.